The Hall–Kier alpha value is -1.17. The number of rotatable bonds is 2. The van der Waals surface area contributed by atoms with Crippen LogP contribution in [-0.2, 0) is 13.0 Å². The Kier molecular flexibility index (Phi) is 3.43. The smallest absolute Gasteiger partial charge is 0.165 e. The first-order valence-corrected chi connectivity index (χ1v) is 7.38. The summed E-state index contributed by atoms with van der Waals surface area (Å²) in [4.78, 5) is 11.9. The number of hydrogen-bond donors (Lipinski definition) is 0. The number of carbonyl (C=O) groups is 1. The van der Waals surface area contributed by atoms with Gasteiger partial charge in [-0.2, -0.15) is 0 Å². The molecule has 19 heavy (non-hydrogen) atoms. The maximum Gasteiger partial charge on any atom is 0.165 e. The molecule has 1 aliphatic rings. The van der Waals surface area contributed by atoms with E-state index in [1.165, 1.54) is 12.1 Å². The predicted molar refractivity (Wildman–Crippen MR) is 79.9 cm³/mol. The van der Waals surface area contributed by atoms with Crippen LogP contribution >= 0.6 is 22.6 Å². The Labute approximate surface area is 124 Å². The Balaban J connectivity index is 1.96. The Morgan fingerprint density at radius 1 is 1.21 bits per heavy atom. The van der Waals surface area contributed by atoms with Crippen LogP contribution in [0.2, 0.25) is 0 Å². The summed E-state index contributed by atoms with van der Waals surface area (Å²) < 4.78 is 16.1. The topological polar surface area (TPSA) is 22.0 Å². The molecule has 1 aromatic carbocycles. The first-order valence-electron chi connectivity index (χ1n) is 6.30. The highest BCUT2D eigenvalue weighted by Crippen LogP contribution is 2.28. The van der Waals surface area contributed by atoms with E-state index in [9.17, 15) is 9.18 Å². The van der Waals surface area contributed by atoms with Crippen LogP contribution in [0, 0.1) is 9.39 Å². The molecule has 2 aromatic rings. The highest BCUT2D eigenvalue weighted by atomic mass is 127. The Morgan fingerprint density at radius 3 is 2.68 bits per heavy atom. The van der Waals surface area contributed by atoms with Gasteiger partial charge >= 0.3 is 0 Å². The molecule has 0 saturated carbocycles. The number of nitrogens with zero attached hydrogens (tertiary/aromatic N) is 1. The third-order valence-electron chi connectivity index (χ3n) is 3.51. The van der Waals surface area contributed by atoms with Crippen LogP contribution in [0.15, 0.2) is 30.5 Å². The van der Waals surface area contributed by atoms with E-state index in [0.717, 1.165) is 33.2 Å². The van der Waals surface area contributed by atoms with Crippen molar-refractivity contribution in [3.63, 3.8) is 0 Å². The molecule has 2 nitrogen and oxygen atoms in total. The van der Waals surface area contributed by atoms with E-state index < -0.39 is 0 Å². The molecule has 1 aromatic heterocycles. The lowest BCUT2D eigenvalue weighted by Gasteiger charge is -2.15. The van der Waals surface area contributed by atoms with Gasteiger partial charge in [0.05, 0.1) is 5.56 Å². The molecule has 0 amide bonds. The van der Waals surface area contributed by atoms with Gasteiger partial charge in [-0.25, -0.2) is 4.39 Å². The number of fused-ring (bicyclic) bond motifs is 1. The molecule has 0 saturated heterocycles. The second-order valence-electron chi connectivity index (χ2n) is 4.83. The van der Waals surface area contributed by atoms with Gasteiger partial charge in [0, 0.05) is 28.4 Å². The van der Waals surface area contributed by atoms with Crippen molar-refractivity contribution >= 4 is 28.4 Å². The standard InChI is InChI=1S/C15H13FINO/c16-11-6-4-10(5-7-11)8-18-9-12(17)15-13(18)2-1-3-14(15)19/h4-7,9H,1-3,8H2. The van der Waals surface area contributed by atoms with E-state index in [4.69, 9.17) is 0 Å². The molecule has 0 unspecified atom stereocenters. The van der Waals surface area contributed by atoms with Gasteiger partial charge < -0.3 is 4.57 Å². The van der Waals surface area contributed by atoms with Crippen LogP contribution in [0.5, 0.6) is 0 Å². The normalized spacial score (nSPS) is 14.5. The second-order valence-corrected chi connectivity index (χ2v) is 5.99. The number of carbonyl (C=O) groups excluding carboxylic acids is 1. The van der Waals surface area contributed by atoms with Gasteiger partial charge in [0.2, 0.25) is 0 Å². The average molecular weight is 369 g/mol. The van der Waals surface area contributed by atoms with Crippen LogP contribution in [0.3, 0.4) is 0 Å². The van der Waals surface area contributed by atoms with Crippen molar-refractivity contribution in [3.8, 4) is 0 Å². The molecular formula is C15H13FINO. The fourth-order valence-electron chi connectivity index (χ4n) is 2.59. The molecule has 0 atom stereocenters. The molecule has 0 fully saturated rings. The minimum absolute atomic E-state index is 0.219. The van der Waals surface area contributed by atoms with Crippen molar-refractivity contribution in [1.29, 1.82) is 0 Å². The number of ketones is 1. The highest BCUT2D eigenvalue weighted by molar-refractivity contribution is 14.1. The minimum Gasteiger partial charge on any atom is -0.345 e. The van der Waals surface area contributed by atoms with Crippen molar-refractivity contribution in [1.82, 2.24) is 4.57 Å². The maximum absolute atomic E-state index is 12.9. The van der Waals surface area contributed by atoms with Crippen LogP contribution in [0.1, 0.15) is 34.5 Å². The molecule has 1 aliphatic carbocycles. The van der Waals surface area contributed by atoms with Crippen LogP contribution in [0.25, 0.3) is 0 Å². The fourth-order valence-corrected chi connectivity index (χ4v) is 3.54. The predicted octanol–water partition coefficient (Wildman–Crippen LogP) is 3.80. The number of Topliss-reactive ketones (excluding diaryl/α,β-unsaturated/α-hetero) is 1. The molecule has 0 bridgehead atoms. The Bertz CT molecular complexity index is 630. The molecule has 0 radical (unpaired) electrons. The summed E-state index contributed by atoms with van der Waals surface area (Å²) >= 11 is 2.23. The quantitative estimate of drug-likeness (QED) is 0.739. The number of aromatic nitrogens is 1. The van der Waals surface area contributed by atoms with Crippen molar-refractivity contribution in [2.24, 2.45) is 0 Å². The summed E-state index contributed by atoms with van der Waals surface area (Å²) in [7, 11) is 0. The molecule has 0 spiro atoms. The van der Waals surface area contributed by atoms with Gasteiger partial charge in [0.1, 0.15) is 5.82 Å². The Morgan fingerprint density at radius 2 is 1.95 bits per heavy atom. The number of halogens is 2. The summed E-state index contributed by atoms with van der Waals surface area (Å²) in [6.45, 7) is 0.693. The lowest BCUT2D eigenvalue weighted by atomic mass is 9.97. The monoisotopic (exact) mass is 369 g/mol. The SMILES string of the molecule is O=C1CCCc2c1c(I)cn2Cc1ccc(F)cc1. The van der Waals surface area contributed by atoms with Crippen LogP contribution in [-0.4, -0.2) is 10.4 Å². The zero-order chi connectivity index (χ0) is 13.4. The average Bonchev–Trinajstić information content (AvgIpc) is 2.70. The van der Waals surface area contributed by atoms with Gasteiger partial charge in [-0.3, -0.25) is 4.79 Å². The van der Waals surface area contributed by atoms with E-state index in [-0.39, 0.29) is 11.6 Å². The first-order chi connectivity index (χ1) is 9.15. The van der Waals surface area contributed by atoms with Gasteiger partial charge in [-0.15, -0.1) is 0 Å². The maximum atomic E-state index is 12.9. The van der Waals surface area contributed by atoms with Crippen molar-refractivity contribution < 1.29 is 9.18 Å². The highest BCUT2D eigenvalue weighted by Gasteiger charge is 2.24. The van der Waals surface area contributed by atoms with Crippen molar-refractivity contribution in [2.45, 2.75) is 25.8 Å². The van der Waals surface area contributed by atoms with Gasteiger partial charge in [-0.1, -0.05) is 12.1 Å². The molecule has 4 heteroatoms. The van der Waals surface area contributed by atoms with E-state index in [1.54, 1.807) is 12.1 Å². The van der Waals surface area contributed by atoms with Gasteiger partial charge in [-0.05, 0) is 53.1 Å². The lowest BCUT2D eigenvalue weighted by molar-refractivity contribution is 0.0971. The molecular weight excluding hydrogens is 356 g/mol. The molecule has 0 aliphatic heterocycles. The molecule has 98 valence electrons. The molecule has 1 heterocycles. The summed E-state index contributed by atoms with van der Waals surface area (Å²) in [5, 5.41) is 0. The summed E-state index contributed by atoms with van der Waals surface area (Å²) in [5.74, 6) is 0.0338. The van der Waals surface area contributed by atoms with Gasteiger partial charge in [0.15, 0.2) is 5.78 Å². The van der Waals surface area contributed by atoms with E-state index in [0.29, 0.717) is 13.0 Å². The van der Waals surface area contributed by atoms with Gasteiger partial charge in [0.25, 0.3) is 0 Å². The molecule has 3 rings (SSSR count). The zero-order valence-electron chi connectivity index (χ0n) is 10.3. The summed E-state index contributed by atoms with van der Waals surface area (Å²) in [6.07, 6.45) is 4.56. The third-order valence-corrected chi connectivity index (χ3v) is 4.32. The zero-order valence-corrected chi connectivity index (χ0v) is 12.5. The fraction of sp³-hybridized carbons (Fsp3) is 0.267. The molecule has 0 N–H and O–H groups in total. The number of benzene rings is 1. The van der Waals surface area contributed by atoms with Crippen LogP contribution in [0.4, 0.5) is 4.39 Å². The summed E-state index contributed by atoms with van der Waals surface area (Å²) in [6, 6.07) is 6.53. The largest absolute Gasteiger partial charge is 0.345 e. The van der Waals surface area contributed by atoms with Crippen molar-refractivity contribution in [3.05, 3.63) is 56.7 Å². The van der Waals surface area contributed by atoms with Crippen molar-refractivity contribution in [2.75, 3.05) is 0 Å². The second kappa shape index (κ2) is 5.07. The minimum atomic E-state index is -0.219. The lowest BCUT2D eigenvalue weighted by Crippen LogP contribution is -2.14. The van der Waals surface area contributed by atoms with E-state index in [2.05, 4.69) is 27.2 Å². The number of hydrogen-bond acceptors (Lipinski definition) is 1. The third kappa shape index (κ3) is 2.45. The summed E-state index contributed by atoms with van der Waals surface area (Å²) in [5.41, 5.74) is 3.08. The first kappa shape index (κ1) is 12.8. The van der Waals surface area contributed by atoms with Crippen LogP contribution < -0.4 is 0 Å². The van der Waals surface area contributed by atoms with E-state index >= 15 is 0 Å². The van der Waals surface area contributed by atoms with E-state index in [1.807, 2.05) is 6.20 Å².